The molecule has 0 N–H and O–H groups in total. The summed E-state index contributed by atoms with van der Waals surface area (Å²) < 4.78 is 21.6. The highest BCUT2D eigenvalue weighted by molar-refractivity contribution is 5.88. The van der Waals surface area contributed by atoms with E-state index in [-0.39, 0.29) is 11.1 Å². The molecule has 1 aliphatic heterocycles. The van der Waals surface area contributed by atoms with Crippen LogP contribution in [0.2, 0.25) is 0 Å². The van der Waals surface area contributed by atoms with Gasteiger partial charge in [-0.15, -0.1) is 0 Å². The molecule has 33 heavy (non-hydrogen) atoms. The van der Waals surface area contributed by atoms with E-state index >= 15 is 0 Å². The topological polar surface area (TPSA) is 75.1 Å². The molecule has 6 nitrogen and oxygen atoms in total. The van der Waals surface area contributed by atoms with Crippen molar-refractivity contribution in [2.75, 3.05) is 18.0 Å². The highest BCUT2D eigenvalue weighted by Crippen LogP contribution is 2.33. The van der Waals surface area contributed by atoms with E-state index in [1.807, 2.05) is 30.3 Å². The average Bonchev–Trinajstić information content (AvgIpc) is 3.29. The van der Waals surface area contributed by atoms with Crippen molar-refractivity contribution in [1.29, 1.82) is 5.26 Å². The first-order valence-corrected chi connectivity index (χ1v) is 11.0. The van der Waals surface area contributed by atoms with Crippen molar-refractivity contribution in [1.82, 2.24) is 9.55 Å². The fourth-order valence-electron chi connectivity index (χ4n) is 4.43. The molecule has 0 aliphatic carbocycles. The highest BCUT2D eigenvalue weighted by Gasteiger charge is 2.24. The van der Waals surface area contributed by atoms with Gasteiger partial charge in [-0.3, -0.25) is 9.36 Å². The summed E-state index contributed by atoms with van der Waals surface area (Å²) in [5, 5.41) is 10.00. The first kappa shape index (κ1) is 21.0. The summed E-state index contributed by atoms with van der Waals surface area (Å²) in [4.78, 5) is 20.7. The minimum absolute atomic E-state index is 0.0470. The van der Waals surface area contributed by atoms with Crippen LogP contribution in [0, 0.1) is 23.1 Å². The maximum Gasteiger partial charge on any atom is 0.263 e. The van der Waals surface area contributed by atoms with E-state index in [2.05, 4.69) is 11.8 Å². The number of nitrogens with zero attached hydrogens (tertiary/aromatic N) is 4. The van der Waals surface area contributed by atoms with Gasteiger partial charge in [0.15, 0.2) is 0 Å². The van der Waals surface area contributed by atoms with Crippen LogP contribution in [0.25, 0.3) is 33.4 Å². The summed E-state index contributed by atoms with van der Waals surface area (Å²) in [6.45, 7) is 3.84. The Morgan fingerprint density at radius 3 is 2.61 bits per heavy atom. The van der Waals surface area contributed by atoms with Crippen molar-refractivity contribution in [3.63, 3.8) is 0 Å². The molecule has 0 unspecified atom stereocenters. The molecule has 0 spiro atoms. The van der Waals surface area contributed by atoms with Gasteiger partial charge in [-0.05, 0) is 54.7 Å². The van der Waals surface area contributed by atoms with Crippen LogP contribution in [0.1, 0.15) is 25.3 Å². The summed E-state index contributed by atoms with van der Waals surface area (Å²) in [5.74, 6) is 0.563. The standard InChI is InChI=1S/C26H23FN4O2/c1-16-7-10-31(11-8-16)26-29-24(19-3-4-20(15-28)21(27)14-19)23(25(32)30(26)2)18-5-6-22-17(13-18)9-12-33-22/h3-6,9,12-14,16H,7-8,10-11H2,1-2H3. The second kappa shape index (κ2) is 8.21. The van der Waals surface area contributed by atoms with E-state index in [4.69, 9.17) is 14.7 Å². The Labute approximate surface area is 190 Å². The molecule has 1 fully saturated rings. The van der Waals surface area contributed by atoms with E-state index < -0.39 is 5.82 Å². The largest absolute Gasteiger partial charge is 0.464 e. The SMILES string of the molecule is CC1CCN(c2nc(-c3ccc(C#N)c(F)c3)c(-c3ccc4occc4c3)c(=O)n2C)CC1. The number of hydrogen-bond donors (Lipinski definition) is 0. The molecule has 0 atom stereocenters. The molecule has 4 aromatic rings. The van der Waals surface area contributed by atoms with Crippen molar-refractivity contribution in [3.8, 4) is 28.5 Å². The molecule has 2 aromatic heterocycles. The van der Waals surface area contributed by atoms with Crippen molar-refractivity contribution in [2.24, 2.45) is 13.0 Å². The lowest BCUT2D eigenvalue weighted by atomic mass is 9.98. The Balaban J connectivity index is 1.75. The van der Waals surface area contributed by atoms with Gasteiger partial charge in [0.1, 0.15) is 17.5 Å². The Hall–Kier alpha value is -3.92. The van der Waals surface area contributed by atoms with Gasteiger partial charge in [0.2, 0.25) is 5.95 Å². The third-order valence-electron chi connectivity index (χ3n) is 6.44. The van der Waals surface area contributed by atoms with Crippen molar-refractivity contribution >= 4 is 16.9 Å². The van der Waals surface area contributed by atoms with E-state index in [1.54, 1.807) is 23.9 Å². The van der Waals surface area contributed by atoms with Crippen molar-refractivity contribution in [3.05, 3.63) is 70.5 Å². The van der Waals surface area contributed by atoms with Crippen LogP contribution in [-0.2, 0) is 7.05 Å². The Bertz CT molecular complexity index is 1460. The van der Waals surface area contributed by atoms with Gasteiger partial charge >= 0.3 is 0 Å². The lowest BCUT2D eigenvalue weighted by Gasteiger charge is -2.32. The maximum absolute atomic E-state index is 14.6. The summed E-state index contributed by atoms with van der Waals surface area (Å²) >= 11 is 0. The lowest BCUT2D eigenvalue weighted by molar-refractivity contribution is 0.431. The van der Waals surface area contributed by atoms with Gasteiger partial charge < -0.3 is 9.32 Å². The zero-order chi connectivity index (χ0) is 23.1. The second-order valence-corrected chi connectivity index (χ2v) is 8.65. The van der Waals surface area contributed by atoms with Crippen LogP contribution >= 0.6 is 0 Å². The molecule has 1 aliphatic rings. The van der Waals surface area contributed by atoms with E-state index in [0.29, 0.717) is 39.8 Å². The number of anilines is 1. The minimum atomic E-state index is -0.637. The maximum atomic E-state index is 14.6. The molecule has 0 amide bonds. The molecule has 0 bridgehead atoms. The number of furan rings is 1. The number of rotatable bonds is 3. The van der Waals surface area contributed by atoms with Gasteiger partial charge in [-0.2, -0.15) is 5.26 Å². The molecule has 166 valence electrons. The van der Waals surface area contributed by atoms with E-state index in [9.17, 15) is 9.18 Å². The quantitative estimate of drug-likeness (QED) is 0.441. The van der Waals surface area contributed by atoms with Crippen LogP contribution in [0.5, 0.6) is 0 Å². The fourth-order valence-corrected chi connectivity index (χ4v) is 4.43. The zero-order valence-corrected chi connectivity index (χ0v) is 18.5. The summed E-state index contributed by atoms with van der Waals surface area (Å²) in [6.07, 6.45) is 3.65. The summed E-state index contributed by atoms with van der Waals surface area (Å²) in [5.41, 5.74) is 2.38. The first-order valence-electron chi connectivity index (χ1n) is 11.0. The molecule has 1 saturated heterocycles. The van der Waals surface area contributed by atoms with Gasteiger partial charge in [-0.25, -0.2) is 9.37 Å². The third-order valence-corrected chi connectivity index (χ3v) is 6.44. The van der Waals surface area contributed by atoms with Gasteiger partial charge in [0.25, 0.3) is 5.56 Å². The number of halogens is 1. The highest BCUT2D eigenvalue weighted by atomic mass is 19.1. The monoisotopic (exact) mass is 442 g/mol. The van der Waals surface area contributed by atoms with Crippen LogP contribution in [0.15, 0.2) is 57.9 Å². The van der Waals surface area contributed by atoms with Crippen LogP contribution in [0.4, 0.5) is 10.3 Å². The van der Waals surface area contributed by atoms with Gasteiger partial charge in [0, 0.05) is 31.1 Å². The molecule has 0 radical (unpaired) electrons. The molecule has 2 aromatic carbocycles. The smallest absolute Gasteiger partial charge is 0.263 e. The van der Waals surface area contributed by atoms with Crippen LogP contribution < -0.4 is 10.5 Å². The average molecular weight is 442 g/mol. The third kappa shape index (κ3) is 3.68. The van der Waals surface area contributed by atoms with Crippen LogP contribution in [-0.4, -0.2) is 22.6 Å². The normalized spacial score (nSPS) is 14.5. The van der Waals surface area contributed by atoms with Crippen molar-refractivity contribution < 1.29 is 8.81 Å². The molecule has 3 heterocycles. The molecule has 7 heteroatoms. The number of fused-ring (bicyclic) bond motifs is 1. The zero-order valence-electron chi connectivity index (χ0n) is 18.5. The summed E-state index contributed by atoms with van der Waals surface area (Å²) in [7, 11) is 1.73. The number of aromatic nitrogens is 2. The van der Waals surface area contributed by atoms with E-state index in [0.717, 1.165) is 31.3 Å². The number of hydrogen-bond acceptors (Lipinski definition) is 5. The van der Waals surface area contributed by atoms with Crippen LogP contribution in [0.3, 0.4) is 0 Å². The summed E-state index contributed by atoms with van der Waals surface area (Å²) in [6, 6.07) is 13.5. The Morgan fingerprint density at radius 2 is 1.88 bits per heavy atom. The number of benzene rings is 2. The lowest BCUT2D eigenvalue weighted by Crippen LogP contribution is -2.38. The Kier molecular flexibility index (Phi) is 5.21. The fraction of sp³-hybridized carbons (Fsp3) is 0.269. The van der Waals surface area contributed by atoms with Crippen molar-refractivity contribution in [2.45, 2.75) is 19.8 Å². The molecule has 0 saturated carbocycles. The predicted octanol–water partition coefficient (Wildman–Crippen LogP) is 5.11. The minimum Gasteiger partial charge on any atom is -0.464 e. The molecule has 5 rings (SSSR count). The second-order valence-electron chi connectivity index (χ2n) is 8.65. The first-order chi connectivity index (χ1) is 16.0. The Morgan fingerprint density at radius 1 is 1.12 bits per heavy atom. The number of nitriles is 1. The van der Waals surface area contributed by atoms with Gasteiger partial charge in [0.05, 0.1) is 23.1 Å². The van der Waals surface area contributed by atoms with E-state index in [1.165, 1.54) is 12.1 Å². The molecular formula is C26H23FN4O2. The van der Waals surface area contributed by atoms with Gasteiger partial charge in [-0.1, -0.05) is 19.1 Å². The number of piperidine rings is 1. The molecular weight excluding hydrogens is 419 g/mol. The predicted molar refractivity (Wildman–Crippen MR) is 125 cm³/mol.